The number of piperazine rings is 1. The summed E-state index contributed by atoms with van der Waals surface area (Å²) in [5, 5.41) is 3.55. The summed E-state index contributed by atoms with van der Waals surface area (Å²) in [6.07, 6.45) is 1.42. The van der Waals surface area contributed by atoms with Crippen molar-refractivity contribution in [1.82, 2.24) is 14.3 Å². The van der Waals surface area contributed by atoms with Crippen molar-refractivity contribution >= 4 is 26.7 Å². The molecule has 0 amide bonds. The van der Waals surface area contributed by atoms with Crippen LogP contribution in [-0.4, -0.2) is 43.1 Å². The first-order valence-corrected chi connectivity index (χ1v) is 10.7. The summed E-state index contributed by atoms with van der Waals surface area (Å²) >= 11 is 0. The third-order valence-corrected chi connectivity index (χ3v) is 6.85. The minimum Gasteiger partial charge on any atom is -0.367 e. The second kappa shape index (κ2) is 6.98. The molecule has 2 heterocycles. The maximum Gasteiger partial charge on any atom is 0.269 e. The second-order valence-electron chi connectivity index (χ2n) is 7.25. The molecule has 6 nitrogen and oxygen atoms in total. The van der Waals surface area contributed by atoms with E-state index >= 15 is 0 Å². The Morgan fingerprint density at radius 3 is 2.63 bits per heavy atom. The molecule has 1 aliphatic rings. The molecule has 2 aromatic carbocycles. The quantitative estimate of drug-likeness (QED) is 0.749. The highest BCUT2D eigenvalue weighted by Crippen LogP contribution is 2.29. The monoisotopic (exact) mass is 384 g/mol. The maximum absolute atomic E-state index is 13.0. The van der Waals surface area contributed by atoms with Crippen LogP contribution in [0.3, 0.4) is 0 Å². The standard InChI is InChI=1S/C20H24N4O2S/c1-15(2)17-13-23(12-11-21-17)18-9-6-10-19-20(18)22-14-24(19)27(25,26)16-7-4-3-5-8-16/h3-10,14-15,17,21H,11-13H2,1-2H3. The van der Waals surface area contributed by atoms with Crippen LogP contribution in [0.1, 0.15) is 13.8 Å². The Labute approximate surface area is 159 Å². The normalized spacial score (nSPS) is 18.3. The first-order valence-electron chi connectivity index (χ1n) is 9.23. The summed E-state index contributed by atoms with van der Waals surface area (Å²) in [6.45, 7) is 7.09. The Balaban J connectivity index is 1.77. The summed E-state index contributed by atoms with van der Waals surface area (Å²) in [7, 11) is -3.67. The number of para-hydroxylation sites is 1. The number of fused-ring (bicyclic) bond motifs is 1. The average Bonchev–Trinajstić information content (AvgIpc) is 3.14. The van der Waals surface area contributed by atoms with E-state index in [1.54, 1.807) is 30.3 Å². The summed E-state index contributed by atoms with van der Waals surface area (Å²) in [5.41, 5.74) is 2.32. The van der Waals surface area contributed by atoms with Gasteiger partial charge in [-0.3, -0.25) is 0 Å². The molecule has 1 saturated heterocycles. The van der Waals surface area contributed by atoms with Crippen molar-refractivity contribution in [2.75, 3.05) is 24.5 Å². The second-order valence-corrected chi connectivity index (χ2v) is 9.07. The summed E-state index contributed by atoms with van der Waals surface area (Å²) in [4.78, 5) is 7.04. The van der Waals surface area contributed by atoms with Gasteiger partial charge >= 0.3 is 0 Å². The van der Waals surface area contributed by atoms with Gasteiger partial charge in [0, 0.05) is 25.7 Å². The smallest absolute Gasteiger partial charge is 0.269 e. The zero-order chi connectivity index (χ0) is 19.0. The lowest BCUT2D eigenvalue weighted by atomic mass is 10.0. The van der Waals surface area contributed by atoms with Gasteiger partial charge in [-0.15, -0.1) is 0 Å². The molecule has 0 radical (unpaired) electrons. The van der Waals surface area contributed by atoms with Crippen molar-refractivity contribution in [3.63, 3.8) is 0 Å². The molecule has 0 aliphatic carbocycles. The highest BCUT2D eigenvalue weighted by molar-refractivity contribution is 7.90. The van der Waals surface area contributed by atoms with Gasteiger partial charge in [0.05, 0.1) is 16.1 Å². The van der Waals surface area contributed by atoms with Crippen LogP contribution in [0.4, 0.5) is 5.69 Å². The number of imidazole rings is 1. The Morgan fingerprint density at radius 1 is 1.11 bits per heavy atom. The zero-order valence-electron chi connectivity index (χ0n) is 15.5. The molecule has 1 unspecified atom stereocenters. The van der Waals surface area contributed by atoms with Crippen molar-refractivity contribution in [2.24, 2.45) is 5.92 Å². The predicted octanol–water partition coefficient (Wildman–Crippen LogP) is 2.71. The number of nitrogens with zero attached hydrogens (tertiary/aromatic N) is 3. The van der Waals surface area contributed by atoms with Crippen LogP contribution >= 0.6 is 0 Å². The number of benzene rings is 2. The number of rotatable bonds is 4. The van der Waals surface area contributed by atoms with Gasteiger partial charge in [0.2, 0.25) is 0 Å². The summed E-state index contributed by atoms with van der Waals surface area (Å²) in [6, 6.07) is 14.6. The molecule has 0 saturated carbocycles. The number of nitrogens with one attached hydrogen (secondary N) is 1. The van der Waals surface area contributed by atoms with E-state index in [2.05, 4.69) is 29.0 Å². The molecular weight excluding hydrogens is 360 g/mol. The Morgan fingerprint density at radius 2 is 1.89 bits per heavy atom. The van der Waals surface area contributed by atoms with Crippen LogP contribution in [0.5, 0.6) is 0 Å². The Bertz CT molecular complexity index is 1040. The Hall–Kier alpha value is -2.38. The van der Waals surface area contributed by atoms with E-state index in [4.69, 9.17) is 0 Å². The molecule has 0 bridgehead atoms. The molecule has 3 aromatic rings. The van der Waals surface area contributed by atoms with Gasteiger partial charge in [0.15, 0.2) is 0 Å². The fraction of sp³-hybridized carbons (Fsp3) is 0.350. The van der Waals surface area contributed by atoms with Gasteiger partial charge in [-0.25, -0.2) is 17.4 Å². The topological polar surface area (TPSA) is 67.2 Å². The van der Waals surface area contributed by atoms with E-state index in [-0.39, 0.29) is 4.90 Å². The third kappa shape index (κ3) is 3.21. The van der Waals surface area contributed by atoms with Crippen LogP contribution in [0, 0.1) is 5.92 Å². The van der Waals surface area contributed by atoms with Crippen LogP contribution < -0.4 is 10.2 Å². The van der Waals surface area contributed by atoms with Crippen molar-refractivity contribution in [2.45, 2.75) is 24.8 Å². The fourth-order valence-corrected chi connectivity index (χ4v) is 4.90. The van der Waals surface area contributed by atoms with Gasteiger partial charge in [-0.1, -0.05) is 38.1 Å². The van der Waals surface area contributed by atoms with Crippen molar-refractivity contribution < 1.29 is 8.42 Å². The molecule has 142 valence electrons. The molecule has 1 atom stereocenters. The lowest BCUT2D eigenvalue weighted by Crippen LogP contribution is -2.53. The van der Waals surface area contributed by atoms with Crippen LogP contribution in [-0.2, 0) is 10.0 Å². The lowest BCUT2D eigenvalue weighted by Gasteiger charge is -2.37. The van der Waals surface area contributed by atoms with Gasteiger partial charge in [0.25, 0.3) is 10.0 Å². The molecule has 1 aliphatic heterocycles. The van der Waals surface area contributed by atoms with E-state index < -0.39 is 10.0 Å². The number of hydrogen-bond acceptors (Lipinski definition) is 5. The molecule has 4 rings (SSSR count). The van der Waals surface area contributed by atoms with E-state index in [9.17, 15) is 8.42 Å². The number of anilines is 1. The molecule has 0 spiro atoms. The number of hydrogen-bond donors (Lipinski definition) is 1. The van der Waals surface area contributed by atoms with E-state index in [0.29, 0.717) is 17.5 Å². The average molecular weight is 385 g/mol. The van der Waals surface area contributed by atoms with E-state index in [1.165, 1.54) is 10.3 Å². The molecular formula is C20H24N4O2S. The van der Waals surface area contributed by atoms with Gasteiger partial charge in [-0.2, -0.15) is 0 Å². The van der Waals surface area contributed by atoms with Gasteiger partial charge < -0.3 is 10.2 Å². The van der Waals surface area contributed by atoms with Crippen LogP contribution in [0.15, 0.2) is 59.8 Å². The lowest BCUT2D eigenvalue weighted by molar-refractivity contribution is 0.369. The molecule has 1 aromatic heterocycles. The van der Waals surface area contributed by atoms with Crippen LogP contribution in [0.2, 0.25) is 0 Å². The van der Waals surface area contributed by atoms with Crippen molar-refractivity contribution in [3.8, 4) is 0 Å². The summed E-state index contributed by atoms with van der Waals surface area (Å²) < 4.78 is 27.4. The highest BCUT2D eigenvalue weighted by Gasteiger charge is 2.25. The number of aromatic nitrogens is 2. The molecule has 27 heavy (non-hydrogen) atoms. The van der Waals surface area contributed by atoms with Crippen molar-refractivity contribution in [3.05, 3.63) is 54.9 Å². The zero-order valence-corrected chi connectivity index (χ0v) is 16.4. The highest BCUT2D eigenvalue weighted by atomic mass is 32.2. The minimum absolute atomic E-state index is 0.261. The summed E-state index contributed by atoms with van der Waals surface area (Å²) in [5.74, 6) is 0.531. The van der Waals surface area contributed by atoms with Crippen molar-refractivity contribution in [1.29, 1.82) is 0 Å². The minimum atomic E-state index is -3.67. The first kappa shape index (κ1) is 18.0. The van der Waals surface area contributed by atoms with Gasteiger partial charge in [0.1, 0.15) is 11.8 Å². The fourth-order valence-electron chi connectivity index (χ4n) is 3.60. The first-order chi connectivity index (χ1) is 13.0. The largest absolute Gasteiger partial charge is 0.367 e. The molecule has 1 N–H and O–H groups in total. The Kier molecular flexibility index (Phi) is 4.65. The maximum atomic E-state index is 13.0. The predicted molar refractivity (Wildman–Crippen MR) is 108 cm³/mol. The van der Waals surface area contributed by atoms with E-state index in [0.717, 1.165) is 30.8 Å². The van der Waals surface area contributed by atoms with Crippen LogP contribution in [0.25, 0.3) is 11.0 Å². The van der Waals surface area contributed by atoms with E-state index in [1.807, 2.05) is 18.2 Å². The third-order valence-electron chi connectivity index (χ3n) is 5.17. The SMILES string of the molecule is CC(C)C1CN(c2cccc3c2ncn3S(=O)(=O)c2ccccc2)CCN1. The molecule has 1 fully saturated rings. The van der Waals surface area contributed by atoms with Gasteiger partial charge in [-0.05, 0) is 30.2 Å². The molecule has 7 heteroatoms.